The van der Waals surface area contributed by atoms with E-state index in [9.17, 15) is 14.0 Å². The number of carbonyl (C=O) groups excluding carboxylic acids is 1. The third-order valence-corrected chi connectivity index (χ3v) is 3.30. The summed E-state index contributed by atoms with van der Waals surface area (Å²) in [5, 5.41) is 1.20. The maximum Gasteiger partial charge on any atom is 0.344 e. The average Bonchev–Trinajstić information content (AvgIpc) is 2.48. The number of aromatic nitrogens is 1. The Labute approximate surface area is 119 Å². The molecule has 0 atom stereocenters. The number of ether oxygens (including phenoxy) is 1. The highest BCUT2D eigenvalue weighted by Gasteiger charge is 2.19. The van der Waals surface area contributed by atoms with E-state index in [1.807, 2.05) is 0 Å². The Morgan fingerprint density at radius 3 is 2.62 bits per heavy atom. The van der Waals surface area contributed by atoms with Gasteiger partial charge < -0.3 is 4.74 Å². The number of benzene rings is 1. The molecule has 0 radical (unpaired) electrons. The van der Waals surface area contributed by atoms with Crippen molar-refractivity contribution in [1.29, 1.82) is 0 Å². The Morgan fingerprint density at radius 1 is 1.19 bits per heavy atom. The fraction of sp³-hybridized carbons (Fsp3) is 0.125. The highest BCUT2D eigenvalue weighted by Crippen LogP contribution is 2.22. The average molecular weight is 285 g/mol. The predicted octanol–water partition coefficient (Wildman–Crippen LogP) is 2.77. The maximum atomic E-state index is 13.4. The highest BCUT2D eigenvalue weighted by atomic mass is 19.1. The summed E-state index contributed by atoms with van der Waals surface area (Å²) in [6.45, 7) is 1.83. The lowest BCUT2D eigenvalue weighted by molar-refractivity contribution is 0.0526. The van der Waals surface area contributed by atoms with Crippen molar-refractivity contribution in [3.8, 4) is 0 Å². The Hall–Kier alpha value is -2.69. The monoisotopic (exact) mass is 285 g/mol. The van der Waals surface area contributed by atoms with Crippen molar-refractivity contribution in [2.75, 3.05) is 6.61 Å². The zero-order valence-corrected chi connectivity index (χ0v) is 11.3. The first-order chi connectivity index (χ1) is 10.1. The molecule has 0 saturated carbocycles. The van der Waals surface area contributed by atoms with Crippen molar-refractivity contribution in [2.24, 2.45) is 0 Å². The van der Waals surface area contributed by atoms with Gasteiger partial charge in [-0.15, -0.1) is 0 Å². The van der Waals surface area contributed by atoms with E-state index in [2.05, 4.69) is 0 Å². The van der Waals surface area contributed by atoms with Crippen LogP contribution in [-0.2, 0) is 4.74 Å². The summed E-state index contributed by atoms with van der Waals surface area (Å²) in [6, 6.07) is 9.81. The first-order valence-electron chi connectivity index (χ1n) is 6.53. The van der Waals surface area contributed by atoms with Gasteiger partial charge in [0.1, 0.15) is 11.4 Å². The molecule has 106 valence electrons. The van der Waals surface area contributed by atoms with Gasteiger partial charge in [-0.3, -0.25) is 9.20 Å². The van der Waals surface area contributed by atoms with Crippen LogP contribution >= 0.6 is 0 Å². The molecule has 0 bridgehead atoms. The van der Waals surface area contributed by atoms with E-state index < -0.39 is 17.3 Å². The number of halogens is 1. The van der Waals surface area contributed by atoms with Gasteiger partial charge in [0, 0.05) is 17.0 Å². The van der Waals surface area contributed by atoms with Crippen LogP contribution in [0.1, 0.15) is 17.3 Å². The van der Waals surface area contributed by atoms with Crippen LogP contribution in [0.25, 0.3) is 16.3 Å². The molecule has 0 N–H and O–H groups in total. The van der Waals surface area contributed by atoms with E-state index in [-0.39, 0.29) is 12.2 Å². The molecule has 0 aliphatic heterocycles. The minimum Gasteiger partial charge on any atom is -0.462 e. The molecule has 5 heteroatoms. The van der Waals surface area contributed by atoms with Gasteiger partial charge >= 0.3 is 5.97 Å². The molecule has 0 saturated heterocycles. The Bertz CT molecular complexity index is 914. The number of nitrogens with zero attached hydrogens (tertiary/aromatic N) is 1. The van der Waals surface area contributed by atoms with Gasteiger partial charge in [-0.25, -0.2) is 9.18 Å². The summed E-state index contributed by atoms with van der Waals surface area (Å²) >= 11 is 0. The molecule has 2 heterocycles. The second-order valence-electron chi connectivity index (χ2n) is 4.55. The second-order valence-corrected chi connectivity index (χ2v) is 4.55. The van der Waals surface area contributed by atoms with Crippen LogP contribution in [0.3, 0.4) is 0 Å². The summed E-state index contributed by atoms with van der Waals surface area (Å²) in [6.07, 6.45) is 1.08. The first kappa shape index (κ1) is 13.3. The first-order valence-corrected chi connectivity index (χ1v) is 6.53. The number of esters is 1. The van der Waals surface area contributed by atoms with Crippen molar-refractivity contribution in [3.63, 3.8) is 0 Å². The van der Waals surface area contributed by atoms with E-state index in [1.165, 1.54) is 12.1 Å². The highest BCUT2D eigenvalue weighted by molar-refractivity contribution is 6.08. The Balaban J connectivity index is 2.52. The third kappa shape index (κ3) is 2.07. The standard InChI is InChI=1S/C16H12FNO3/c1-2-21-16(20)14-12-6-4-3-5-11(12)13-8-7-10(17)9-18(13)15(14)19/h3-9H,2H2,1H3. The summed E-state index contributed by atoms with van der Waals surface area (Å²) in [7, 11) is 0. The molecule has 3 aromatic rings. The maximum absolute atomic E-state index is 13.4. The zero-order valence-electron chi connectivity index (χ0n) is 11.3. The number of hydrogen-bond acceptors (Lipinski definition) is 3. The molecule has 4 nitrogen and oxygen atoms in total. The van der Waals surface area contributed by atoms with Crippen LogP contribution in [0, 0.1) is 5.82 Å². The molecule has 0 amide bonds. The fourth-order valence-corrected chi connectivity index (χ4v) is 2.42. The summed E-state index contributed by atoms with van der Waals surface area (Å²) in [4.78, 5) is 24.6. The Kier molecular flexibility index (Phi) is 3.17. The van der Waals surface area contributed by atoms with Gasteiger partial charge in [-0.05, 0) is 19.1 Å². The van der Waals surface area contributed by atoms with Gasteiger partial charge in [0.25, 0.3) is 5.56 Å². The largest absolute Gasteiger partial charge is 0.462 e. The molecule has 0 unspecified atom stereocenters. The lowest BCUT2D eigenvalue weighted by Crippen LogP contribution is -2.24. The lowest BCUT2D eigenvalue weighted by atomic mass is 10.1. The zero-order chi connectivity index (χ0) is 15.0. The molecule has 0 aliphatic carbocycles. The third-order valence-electron chi connectivity index (χ3n) is 3.30. The van der Waals surface area contributed by atoms with Gasteiger partial charge in [0.15, 0.2) is 0 Å². The quantitative estimate of drug-likeness (QED) is 0.537. The fourth-order valence-electron chi connectivity index (χ4n) is 2.42. The van der Waals surface area contributed by atoms with E-state index in [0.717, 1.165) is 10.6 Å². The van der Waals surface area contributed by atoms with Crippen LogP contribution in [0.5, 0.6) is 0 Å². The molecule has 21 heavy (non-hydrogen) atoms. The molecule has 3 rings (SSSR count). The molecule has 0 aliphatic rings. The summed E-state index contributed by atoms with van der Waals surface area (Å²) in [5.41, 5.74) is -0.109. The van der Waals surface area contributed by atoms with E-state index in [4.69, 9.17) is 4.74 Å². The smallest absolute Gasteiger partial charge is 0.344 e. The van der Waals surface area contributed by atoms with E-state index >= 15 is 0 Å². The van der Waals surface area contributed by atoms with Gasteiger partial charge in [-0.2, -0.15) is 0 Å². The summed E-state index contributed by atoms with van der Waals surface area (Å²) < 4.78 is 19.5. The van der Waals surface area contributed by atoms with Gasteiger partial charge in [0.05, 0.1) is 12.1 Å². The molecular weight excluding hydrogens is 273 g/mol. The molecular formula is C16H12FNO3. The number of hydrogen-bond donors (Lipinski definition) is 0. The topological polar surface area (TPSA) is 47.8 Å². The van der Waals surface area contributed by atoms with Gasteiger partial charge in [0.2, 0.25) is 0 Å². The Morgan fingerprint density at radius 2 is 1.90 bits per heavy atom. The number of fused-ring (bicyclic) bond motifs is 3. The minimum atomic E-state index is -0.697. The van der Waals surface area contributed by atoms with Crippen LogP contribution in [0.4, 0.5) is 4.39 Å². The van der Waals surface area contributed by atoms with Crippen molar-refractivity contribution in [3.05, 3.63) is 64.3 Å². The summed E-state index contributed by atoms with van der Waals surface area (Å²) in [5.74, 6) is -1.24. The van der Waals surface area contributed by atoms with Crippen LogP contribution in [0.2, 0.25) is 0 Å². The normalized spacial score (nSPS) is 11.0. The predicted molar refractivity (Wildman–Crippen MR) is 77.1 cm³/mol. The lowest BCUT2D eigenvalue weighted by Gasteiger charge is -2.10. The molecule has 2 aromatic heterocycles. The SMILES string of the molecule is CCOC(=O)c1c(=O)n2cc(F)ccc2c2ccccc12. The van der Waals surface area contributed by atoms with Crippen molar-refractivity contribution >= 4 is 22.3 Å². The number of carbonyl (C=O) groups is 1. The second kappa shape index (κ2) is 5.01. The van der Waals surface area contributed by atoms with Crippen molar-refractivity contribution in [1.82, 2.24) is 4.40 Å². The number of pyridine rings is 2. The molecule has 1 aromatic carbocycles. The molecule has 0 fully saturated rings. The van der Waals surface area contributed by atoms with E-state index in [1.54, 1.807) is 31.2 Å². The van der Waals surface area contributed by atoms with Crippen molar-refractivity contribution in [2.45, 2.75) is 6.92 Å². The van der Waals surface area contributed by atoms with E-state index in [0.29, 0.717) is 16.3 Å². The minimum absolute atomic E-state index is 0.0736. The van der Waals surface area contributed by atoms with Crippen LogP contribution < -0.4 is 5.56 Å². The molecule has 0 spiro atoms. The van der Waals surface area contributed by atoms with Gasteiger partial charge in [-0.1, -0.05) is 24.3 Å². The van der Waals surface area contributed by atoms with Crippen molar-refractivity contribution < 1.29 is 13.9 Å². The van der Waals surface area contributed by atoms with Crippen LogP contribution in [-0.4, -0.2) is 17.0 Å². The number of rotatable bonds is 2. The van der Waals surface area contributed by atoms with Crippen LogP contribution in [0.15, 0.2) is 47.4 Å².